The second-order valence-corrected chi connectivity index (χ2v) is 7.25. The first kappa shape index (κ1) is 19.7. The summed E-state index contributed by atoms with van der Waals surface area (Å²) in [5.74, 6) is -0.352. The summed E-state index contributed by atoms with van der Waals surface area (Å²) in [6.45, 7) is 5.00. The number of hydrogen-bond acceptors (Lipinski definition) is 6. The van der Waals surface area contributed by atoms with Gasteiger partial charge in [-0.1, -0.05) is 0 Å². The monoisotopic (exact) mass is 409 g/mol. The number of aromatic nitrogens is 3. The molecule has 30 heavy (non-hydrogen) atoms. The van der Waals surface area contributed by atoms with Crippen molar-refractivity contribution in [3.05, 3.63) is 70.0 Å². The molecule has 154 valence electrons. The van der Waals surface area contributed by atoms with E-state index < -0.39 is 11.6 Å². The van der Waals surface area contributed by atoms with Crippen molar-refractivity contribution in [2.45, 2.75) is 26.8 Å². The Morgan fingerprint density at radius 1 is 1.17 bits per heavy atom. The molecule has 0 aliphatic carbocycles. The van der Waals surface area contributed by atoms with Crippen molar-refractivity contribution in [2.75, 3.05) is 16.8 Å². The molecular weight excluding hydrogens is 388 g/mol. The summed E-state index contributed by atoms with van der Waals surface area (Å²) >= 11 is 0. The maximum Gasteiger partial charge on any atom is 0.153 e. The molecule has 0 fully saturated rings. The molecule has 1 aromatic carbocycles. The van der Waals surface area contributed by atoms with Crippen LogP contribution in [0.5, 0.6) is 0 Å². The first-order chi connectivity index (χ1) is 14.4. The minimum Gasteiger partial charge on any atom is -0.352 e. The standard InChI is InChI=1S/C21H21F2N7/c1-12-13(2)21(28-30(11-24)20(12)25)29-6-5-18-14(10-29)7-16(9-26-18)27-19-8-15(22)3-4-17(19)23/h3-4,7-9,11,24-25,27H,5-6,10H2,1-2H3. The maximum atomic E-state index is 14.0. The minimum absolute atomic E-state index is 0.0515. The van der Waals surface area contributed by atoms with Crippen molar-refractivity contribution < 1.29 is 8.78 Å². The molecule has 0 amide bonds. The summed E-state index contributed by atoms with van der Waals surface area (Å²) in [4.78, 5) is 6.57. The van der Waals surface area contributed by atoms with Gasteiger partial charge in [-0.2, -0.15) is 0 Å². The lowest BCUT2D eigenvalue weighted by Gasteiger charge is -2.31. The molecule has 0 radical (unpaired) electrons. The van der Waals surface area contributed by atoms with Gasteiger partial charge in [-0.25, -0.2) is 13.5 Å². The van der Waals surface area contributed by atoms with Gasteiger partial charge in [-0.05, 0) is 43.2 Å². The Hall–Kier alpha value is -3.62. The van der Waals surface area contributed by atoms with Crippen molar-refractivity contribution in [3.63, 3.8) is 0 Å². The molecule has 0 bridgehead atoms. The summed E-state index contributed by atoms with van der Waals surface area (Å²) in [5.41, 5.74) is 4.37. The van der Waals surface area contributed by atoms with E-state index in [4.69, 9.17) is 10.8 Å². The van der Waals surface area contributed by atoms with Crippen LogP contribution in [0.2, 0.25) is 0 Å². The Morgan fingerprint density at radius 3 is 2.73 bits per heavy atom. The summed E-state index contributed by atoms with van der Waals surface area (Å²) in [6.07, 6.45) is 3.34. The lowest BCUT2D eigenvalue weighted by Crippen LogP contribution is -2.36. The molecule has 3 heterocycles. The average Bonchev–Trinajstić information content (AvgIpc) is 2.74. The van der Waals surface area contributed by atoms with E-state index in [0.717, 1.165) is 46.9 Å². The molecule has 1 aliphatic heterocycles. The summed E-state index contributed by atoms with van der Waals surface area (Å²) in [6, 6.07) is 5.14. The number of nitrogens with zero attached hydrogens (tertiary/aromatic N) is 4. The SMILES string of the molecule is Cc1c(N2CCc3ncc(Nc4cc(F)ccc4F)cc3C2)nn(C=N)c(=N)c1C. The van der Waals surface area contributed by atoms with Crippen molar-refractivity contribution in [3.8, 4) is 0 Å². The van der Waals surface area contributed by atoms with Gasteiger partial charge < -0.3 is 10.2 Å². The van der Waals surface area contributed by atoms with Crippen molar-refractivity contribution in [2.24, 2.45) is 0 Å². The number of anilines is 3. The molecular formula is C21H21F2N7. The minimum atomic E-state index is -0.544. The molecule has 2 aromatic heterocycles. The number of benzene rings is 1. The lowest BCUT2D eigenvalue weighted by molar-refractivity contribution is 0.603. The van der Waals surface area contributed by atoms with Crippen LogP contribution in [0.1, 0.15) is 22.4 Å². The molecule has 7 nitrogen and oxygen atoms in total. The van der Waals surface area contributed by atoms with E-state index in [0.29, 0.717) is 31.0 Å². The summed E-state index contributed by atoms with van der Waals surface area (Å²) < 4.78 is 28.7. The number of fused-ring (bicyclic) bond motifs is 1. The molecule has 3 N–H and O–H groups in total. The Morgan fingerprint density at radius 2 is 1.97 bits per heavy atom. The highest BCUT2D eigenvalue weighted by Gasteiger charge is 2.22. The van der Waals surface area contributed by atoms with E-state index in [9.17, 15) is 8.78 Å². The third-order valence-corrected chi connectivity index (χ3v) is 5.35. The van der Waals surface area contributed by atoms with E-state index >= 15 is 0 Å². The second kappa shape index (κ2) is 7.66. The smallest absolute Gasteiger partial charge is 0.153 e. The number of rotatable bonds is 4. The molecule has 0 saturated carbocycles. The highest BCUT2D eigenvalue weighted by molar-refractivity contribution is 5.62. The first-order valence-electron chi connectivity index (χ1n) is 9.47. The van der Waals surface area contributed by atoms with Gasteiger partial charge in [-0.3, -0.25) is 15.8 Å². The Labute approximate surface area is 172 Å². The average molecular weight is 409 g/mol. The van der Waals surface area contributed by atoms with E-state index in [-0.39, 0.29) is 11.2 Å². The van der Waals surface area contributed by atoms with Gasteiger partial charge in [0.2, 0.25) is 0 Å². The van der Waals surface area contributed by atoms with Crippen LogP contribution in [0.25, 0.3) is 0 Å². The van der Waals surface area contributed by atoms with Crippen molar-refractivity contribution in [1.29, 1.82) is 10.8 Å². The maximum absolute atomic E-state index is 14.0. The largest absolute Gasteiger partial charge is 0.352 e. The fourth-order valence-electron chi connectivity index (χ4n) is 3.56. The molecule has 9 heteroatoms. The normalized spacial score (nSPS) is 13.1. The number of pyridine rings is 1. The zero-order valence-corrected chi connectivity index (χ0v) is 16.6. The van der Waals surface area contributed by atoms with E-state index in [1.165, 1.54) is 4.68 Å². The van der Waals surface area contributed by atoms with Gasteiger partial charge in [-0.15, -0.1) is 5.10 Å². The Balaban J connectivity index is 1.65. The van der Waals surface area contributed by atoms with Crippen LogP contribution in [0.4, 0.5) is 26.0 Å². The van der Waals surface area contributed by atoms with Gasteiger partial charge in [0, 0.05) is 36.8 Å². The van der Waals surface area contributed by atoms with Crippen LogP contribution >= 0.6 is 0 Å². The summed E-state index contributed by atoms with van der Waals surface area (Å²) in [7, 11) is 0. The van der Waals surface area contributed by atoms with Crippen LogP contribution in [-0.4, -0.2) is 27.6 Å². The van der Waals surface area contributed by atoms with E-state index in [2.05, 4.69) is 20.3 Å². The molecule has 0 unspecified atom stereocenters. The van der Waals surface area contributed by atoms with E-state index in [1.807, 2.05) is 19.9 Å². The molecule has 3 aromatic rings. The fourth-order valence-corrected chi connectivity index (χ4v) is 3.56. The summed E-state index contributed by atoms with van der Waals surface area (Å²) in [5, 5.41) is 22.9. The van der Waals surface area contributed by atoms with Gasteiger partial charge in [0.25, 0.3) is 0 Å². The fraction of sp³-hybridized carbons (Fsp3) is 0.238. The zero-order valence-electron chi connectivity index (χ0n) is 16.6. The molecule has 0 spiro atoms. The third kappa shape index (κ3) is 3.54. The third-order valence-electron chi connectivity index (χ3n) is 5.35. The number of nitrogens with one attached hydrogen (secondary N) is 3. The highest BCUT2D eigenvalue weighted by atomic mass is 19.1. The first-order valence-corrected chi connectivity index (χ1v) is 9.47. The van der Waals surface area contributed by atoms with Crippen LogP contribution in [0.3, 0.4) is 0 Å². The van der Waals surface area contributed by atoms with Gasteiger partial charge in [0.05, 0.1) is 17.6 Å². The highest BCUT2D eigenvalue weighted by Crippen LogP contribution is 2.28. The van der Waals surface area contributed by atoms with Crippen molar-refractivity contribution >= 4 is 23.5 Å². The van der Waals surface area contributed by atoms with E-state index in [1.54, 1.807) is 6.20 Å². The Kier molecular flexibility index (Phi) is 5.03. The predicted octanol–water partition coefficient (Wildman–Crippen LogP) is 3.41. The van der Waals surface area contributed by atoms with Crippen LogP contribution in [0.15, 0.2) is 30.5 Å². The van der Waals surface area contributed by atoms with Crippen LogP contribution in [0, 0.1) is 36.3 Å². The second-order valence-electron chi connectivity index (χ2n) is 7.25. The van der Waals surface area contributed by atoms with Gasteiger partial charge in [0.1, 0.15) is 18.0 Å². The lowest BCUT2D eigenvalue weighted by atomic mass is 10.0. The molecule has 4 rings (SSSR count). The topological polar surface area (TPSA) is 93.7 Å². The van der Waals surface area contributed by atoms with Gasteiger partial charge in [0.15, 0.2) is 11.3 Å². The van der Waals surface area contributed by atoms with Crippen LogP contribution < -0.4 is 15.7 Å². The molecule has 1 aliphatic rings. The van der Waals surface area contributed by atoms with Crippen molar-refractivity contribution in [1.82, 2.24) is 14.8 Å². The predicted molar refractivity (Wildman–Crippen MR) is 110 cm³/mol. The van der Waals surface area contributed by atoms with Crippen LogP contribution in [-0.2, 0) is 13.0 Å². The molecule has 0 saturated heterocycles. The zero-order chi connectivity index (χ0) is 21.4. The Bertz CT molecular complexity index is 1200. The quantitative estimate of drug-likeness (QED) is 0.455. The molecule has 0 atom stereocenters. The van der Waals surface area contributed by atoms with Gasteiger partial charge >= 0.3 is 0 Å². The number of hydrogen-bond donors (Lipinski definition) is 3. The number of halogens is 2.